The average molecular weight is 281 g/mol. The minimum atomic E-state index is -0.800. The van der Waals surface area contributed by atoms with Crippen molar-refractivity contribution in [3.63, 3.8) is 0 Å². The van der Waals surface area contributed by atoms with Gasteiger partial charge in [0.25, 0.3) is 5.69 Å². The second-order valence-electron chi connectivity index (χ2n) is 4.39. The topological polar surface area (TPSA) is 87.9 Å². The Morgan fingerprint density at radius 2 is 2.00 bits per heavy atom. The molecule has 1 aliphatic heterocycles. The smallest absolute Gasteiger partial charge is 0.431 e. The van der Waals surface area contributed by atoms with Crippen LogP contribution in [0, 0.1) is 10.1 Å². The van der Waals surface area contributed by atoms with Crippen LogP contribution < -0.4 is 4.74 Å². The van der Waals surface area contributed by atoms with E-state index in [0.29, 0.717) is 19.6 Å². The van der Waals surface area contributed by atoms with Crippen molar-refractivity contribution in [3.05, 3.63) is 34.4 Å². The van der Waals surface area contributed by atoms with E-state index in [9.17, 15) is 14.9 Å². The highest BCUT2D eigenvalue weighted by atomic mass is 16.7. The van der Waals surface area contributed by atoms with Crippen LogP contribution in [0.3, 0.4) is 0 Å². The SMILES string of the molecule is O=C(Oc1ccc([N+](=O)[O-])cc1)OC1CCCOCC1. The highest BCUT2D eigenvalue weighted by Gasteiger charge is 2.18. The van der Waals surface area contributed by atoms with Crippen molar-refractivity contribution in [3.8, 4) is 5.75 Å². The van der Waals surface area contributed by atoms with E-state index >= 15 is 0 Å². The number of ether oxygens (including phenoxy) is 3. The van der Waals surface area contributed by atoms with Gasteiger partial charge in [0.15, 0.2) is 0 Å². The number of nitro groups is 1. The van der Waals surface area contributed by atoms with Gasteiger partial charge >= 0.3 is 6.16 Å². The molecule has 2 rings (SSSR count). The van der Waals surface area contributed by atoms with E-state index in [1.165, 1.54) is 24.3 Å². The molecule has 1 saturated heterocycles. The summed E-state index contributed by atoms with van der Waals surface area (Å²) in [6.45, 7) is 1.24. The van der Waals surface area contributed by atoms with E-state index in [-0.39, 0.29) is 17.5 Å². The standard InChI is InChI=1S/C13H15NO6/c15-13(19-11-2-1-8-18-9-7-11)20-12-5-3-10(4-6-12)14(16)17/h3-6,11H,1-2,7-9H2. The first-order chi connectivity index (χ1) is 9.65. The van der Waals surface area contributed by atoms with Crippen molar-refractivity contribution in [1.29, 1.82) is 0 Å². The molecule has 0 spiro atoms. The van der Waals surface area contributed by atoms with E-state index in [0.717, 1.165) is 12.8 Å². The number of non-ortho nitro benzene ring substituents is 1. The lowest BCUT2D eigenvalue weighted by molar-refractivity contribution is -0.384. The summed E-state index contributed by atoms with van der Waals surface area (Å²) < 4.78 is 15.4. The fraction of sp³-hybridized carbons (Fsp3) is 0.462. The Labute approximate surface area is 115 Å². The maximum Gasteiger partial charge on any atom is 0.514 e. The van der Waals surface area contributed by atoms with Crippen molar-refractivity contribution in [2.24, 2.45) is 0 Å². The van der Waals surface area contributed by atoms with Gasteiger partial charge < -0.3 is 14.2 Å². The van der Waals surface area contributed by atoms with Crippen LogP contribution in [0.2, 0.25) is 0 Å². The summed E-state index contributed by atoms with van der Waals surface area (Å²) in [5.41, 5.74) is -0.0633. The van der Waals surface area contributed by atoms with Crippen LogP contribution in [0.1, 0.15) is 19.3 Å². The van der Waals surface area contributed by atoms with Gasteiger partial charge in [0.1, 0.15) is 11.9 Å². The Morgan fingerprint density at radius 1 is 1.25 bits per heavy atom. The molecular formula is C13H15NO6. The first kappa shape index (κ1) is 14.3. The van der Waals surface area contributed by atoms with Crippen molar-refractivity contribution in [1.82, 2.24) is 0 Å². The molecule has 20 heavy (non-hydrogen) atoms. The maximum atomic E-state index is 11.6. The number of nitro benzene ring substituents is 1. The minimum absolute atomic E-state index is 0.0633. The average Bonchev–Trinajstić information content (AvgIpc) is 2.68. The molecule has 1 fully saturated rings. The predicted molar refractivity (Wildman–Crippen MR) is 68.7 cm³/mol. The van der Waals surface area contributed by atoms with Crippen molar-refractivity contribution in [2.75, 3.05) is 13.2 Å². The van der Waals surface area contributed by atoms with Crippen LogP contribution in [0.4, 0.5) is 10.5 Å². The number of carbonyl (C=O) groups excluding carboxylic acids is 1. The fourth-order valence-corrected chi connectivity index (χ4v) is 1.88. The van der Waals surface area contributed by atoms with E-state index in [1.807, 2.05) is 0 Å². The van der Waals surface area contributed by atoms with E-state index in [2.05, 4.69) is 0 Å². The summed E-state index contributed by atoms with van der Waals surface area (Å²) in [4.78, 5) is 21.6. The number of hydrogen-bond acceptors (Lipinski definition) is 6. The Kier molecular flexibility index (Phi) is 4.89. The quantitative estimate of drug-likeness (QED) is 0.366. The second kappa shape index (κ2) is 6.85. The van der Waals surface area contributed by atoms with E-state index in [4.69, 9.17) is 14.2 Å². The van der Waals surface area contributed by atoms with Gasteiger partial charge in [0, 0.05) is 25.2 Å². The summed E-state index contributed by atoms with van der Waals surface area (Å²) in [5, 5.41) is 10.5. The molecule has 1 heterocycles. The van der Waals surface area contributed by atoms with Gasteiger partial charge in [-0.1, -0.05) is 0 Å². The minimum Gasteiger partial charge on any atom is -0.431 e. The molecule has 0 aromatic heterocycles. The van der Waals surface area contributed by atoms with Gasteiger partial charge in [-0.15, -0.1) is 0 Å². The number of nitrogens with zero attached hydrogens (tertiary/aromatic N) is 1. The summed E-state index contributed by atoms with van der Waals surface area (Å²) in [5.74, 6) is 0.213. The first-order valence-electron chi connectivity index (χ1n) is 6.36. The van der Waals surface area contributed by atoms with Crippen LogP contribution in [-0.2, 0) is 9.47 Å². The molecule has 0 bridgehead atoms. The number of carbonyl (C=O) groups is 1. The fourth-order valence-electron chi connectivity index (χ4n) is 1.88. The summed E-state index contributed by atoms with van der Waals surface area (Å²) >= 11 is 0. The van der Waals surface area contributed by atoms with Crippen molar-refractivity contribution < 1.29 is 23.9 Å². The Morgan fingerprint density at radius 3 is 2.70 bits per heavy atom. The third-order valence-corrected chi connectivity index (χ3v) is 2.91. The molecular weight excluding hydrogens is 266 g/mol. The molecule has 7 heteroatoms. The molecule has 108 valence electrons. The van der Waals surface area contributed by atoms with Crippen LogP contribution in [0.5, 0.6) is 5.75 Å². The predicted octanol–water partition coefficient (Wildman–Crippen LogP) is 2.68. The molecule has 0 saturated carbocycles. The molecule has 0 amide bonds. The lowest BCUT2D eigenvalue weighted by atomic mass is 10.2. The zero-order valence-electron chi connectivity index (χ0n) is 10.8. The Bertz CT molecular complexity index is 464. The third-order valence-electron chi connectivity index (χ3n) is 2.91. The van der Waals surface area contributed by atoms with Gasteiger partial charge in [-0.3, -0.25) is 10.1 Å². The normalized spacial score (nSPS) is 18.9. The molecule has 0 N–H and O–H groups in total. The molecule has 1 atom stereocenters. The molecule has 1 unspecified atom stereocenters. The number of rotatable bonds is 3. The Balaban J connectivity index is 1.85. The monoisotopic (exact) mass is 281 g/mol. The number of hydrogen-bond donors (Lipinski definition) is 0. The molecule has 0 aliphatic carbocycles. The van der Waals surface area contributed by atoms with Gasteiger partial charge in [-0.2, -0.15) is 0 Å². The van der Waals surface area contributed by atoms with Gasteiger partial charge in [0.05, 0.1) is 11.5 Å². The maximum absolute atomic E-state index is 11.6. The molecule has 7 nitrogen and oxygen atoms in total. The summed E-state index contributed by atoms with van der Waals surface area (Å²) in [7, 11) is 0. The first-order valence-corrected chi connectivity index (χ1v) is 6.36. The van der Waals surface area contributed by atoms with E-state index in [1.54, 1.807) is 0 Å². The highest BCUT2D eigenvalue weighted by Crippen LogP contribution is 2.19. The molecule has 1 aromatic rings. The zero-order chi connectivity index (χ0) is 14.4. The number of benzene rings is 1. The lowest BCUT2D eigenvalue weighted by Gasteiger charge is -2.14. The molecule has 0 radical (unpaired) electrons. The van der Waals surface area contributed by atoms with Crippen LogP contribution in [-0.4, -0.2) is 30.4 Å². The van der Waals surface area contributed by atoms with Gasteiger partial charge in [-0.05, 0) is 25.0 Å². The van der Waals surface area contributed by atoms with Gasteiger partial charge in [-0.25, -0.2) is 4.79 Å². The second-order valence-corrected chi connectivity index (χ2v) is 4.39. The van der Waals surface area contributed by atoms with Crippen molar-refractivity contribution >= 4 is 11.8 Å². The molecule has 1 aromatic carbocycles. The van der Waals surface area contributed by atoms with Crippen LogP contribution in [0.25, 0.3) is 0 Å². The van der Waals surface area contributed by atoms with Gasteiger partial charge in [0.2, 0.25) is 0 Å². The molecule has 1 aliphatic rings. The van der Waals surface area contributed by atoms with Crippen LogP contribution >= 0.6 is 0 Å². The zero-order valence-corrected chi connectivity index (χ0v) is 10.8. The lowest BCUT2D eigenvalue weighted by Crippen LogP contribution is -2.21. The summed E-state index contributed by atoms with van der Waals surface area (Å²) in [6, 6.07) is 5.25. The van der Waals surface area contributed by atoms with Crippen molar-refractivity contribution in [2.45, 2.75) is 25.4 Å². The van der Waals surface area contributed by atoms with E-state index < -0.39 is 11.1 Å². The Hall–Kier alpha value is -2.15. The third kappa shape index (κ3) is 4.20. The summed E-state index contributed by atoms with van der Waals surface area (Å²) in [6.07, 6.45) is 1.23. The largest absolute Gasteiger partial charge is 0.514 e. The van der Waals surface area contributed by atoms with Crippen LogP contribution in [0.15, 0.2) is 24.3 Å². The highest BCUT2D eigenvalue weighted by molar-refractivity contribution is 5.64.